The van der Waals surface area contributed by atoms with Crippen LogP contribution >= 0.6 is 24.0 Å². The highest BCUT2D eigenvalue weighted by molar-refractivity contribution is 14.0. The number of nitrogens with one attached hydrogen (secondary N) is 2. The predicted molar refractivity (Wildman–Crippen MR) is 133 cm³/mol. The number of rotatable bonds is 10. The van der Waals surface area contributed by atoms with Crippen LogP contribution in [0.5, 0.6) is 0 Å². The van der Waals surface area contributed by atoms with Gasteiger partial charge in [-0.3, -0.25) is 0 Å². The van der Waals surface area contributed by atoms with Gasteiger partial charge in [-0.1, -0.05) is 48.5 Å². The van der Waals surface area contributed by atoms with Crippen molar-refractivity contribution in [1.82, 2.24) is 15.5 Å². The van der Waals surface area contributed by atoms with E-state index in [9.17, 15) is 13.2 Å². The van der Waals surface area contributed by atoms with Gasteiger partial charge in [0.1, 0.15) is 6.61 Å². The van der Waals surface area contributed by atoms with Crippen molar-refractivity contribution < 1.29 is 17.9 Å². The number of hydrogen-bond donors (Lipinski definition) is 2. The molecule has 0 heterocycles. The van der Waals surface area contributed by atoms with Gasteiger partial charge in [-0.25, -0.2) is 4.99 Å². The highest BCUT2D eigenvalue weighted by Crippen LogP contribution is 2.16. The van der Waals surface area contributed by atoms with Gasteiger partial charge in [0.05, 0.1) is 13.2 Å². The smallest absolute Gasteiger partial charge is 0.367 e. The van der Waals surface area contributed by atoms with E-state index in [0.717, 1.165) is 24.2 Å². The Kier molecular flexibility index (Phi) is 12.6. The van der Waals surface area contributed by atoms with Gasteiger partial charge in [0.15, 0.2) is 5.96 Å². The first kappa shape index (κ1) is 28.2. The number of guanidine groups is 1. The third-order valence-electron chi connectivity index (χ3n) is 4.30. The number of alkyl halides is 3. The molecule has 0 spiro atoms. The Bertz CT molecular complexity index is 809. The van der Waals surface area contributed by atoms with E-state index in [-0.39, 0.29) is 30.6 Å². The molecule has 2 rings (SSSR count). The van der Waals surface area contributed by atoms with Crippen LogP contribution in [-0.2, 0) is 31.0 Å². The molecule has 178 valence electrons. The lowest BCUT2D eigenvalue weighted by atomic mass is 10.1. The van der Waals surface area contributed by atoms with E-state index in [1.54, 1.807) is 12.1 Å². The van der Waals surface area contributed by atoms with E-state index in [2.05, 4.69) is 49.5 Å². The summed E-state index contributed by atoms with van der Waals surface area (Å²) in [5, 5.41) is 6.50. The lowest BCUT2D eigenvalue weighted by Crippen LogP contribution is -2.36. The van der Waals surface area contributed by atoms with Crippen molar-refractivity contribution in [2.24, 2.45) is 4.99 Å². The summed E-state index contributed by atoms with van der Waals surface area (Å²) in [4.78, 5) is 6.76. The lowest BCUT2D eigenvalue weighted by molar-refractivity contribution is -0.176. The van der Waals surface area contributed by atoms with Gasteiger partial charge in [0.25, 0.3) is 0 Å². The van der Waals surface area contributed by atoms with E-state index < -0.39 is 12.8 Å². The standard InChI is InChI=1S/C23H31F3N4O.HI/c1-4-27-22(28-13-18-5-9-20(10-6-18)15-30(2)3)29-14-19-7-11-21(12-8-19)16-31-17-23(24,25)26;/h5-12H,4,13-17H2,1-3H3,(H2,27,28,29);1H. The molecule has 0 saturated heterocycles. The van der Waals surface area contributed by atoms with Crippen LogP contribution in [0.2, 0.25) is 0 Å². The Balaban J connectivity index is 0.00000512. The second-order valence-corrected chi connectivity index (χ2v) is 7.53. The molecule has 0 bridgehead atoms. The maximum absolute atomic E-state index is 12.1. The zero-order valence-corrected chi connectivity index (χ0v) is 21.0. The molecule has 2 N–H and O–H groups in total. The summed E-state index contributed by atoms with van der Waals surface area (Å²) < 4.78 is 41.1. The van der Waals surface area contributed by atoms with E-state index in [0.29, 0.717) is 24.6 Å². The Morgan fingerprint density at radius 1 is 0.906 bits per heavy atom. The molecule has 2 aromatic carbocycles. The molecule has 0 aromatic heterocycles. The molecule has 0 unspecified atom stereocenters. The molecule has 0 amide bonds. The van der Waals surface area contributed by atoms with Crippen molar-refractivity contribution >= 4 is 29.9 Å². The van der Waals surface area contributed by atoms with E-state index in [1.807, 2.05) is 33.2 Å². The molecular weight excluding hydrogens is 532 g/mol. The van der Waals surface area contributed by atoms with Crippen LogP contribution in [0.15, 0.2) is 53.5 Å². The Morgan fingerprint density at radius 2 is 1.47 bits per heavy atom. The molecule has 2 aromatic rings. The summed E-state index contributed by atoms with van der Waals surface area (Å²) in [6.07, 6.45) is -4.31. The number of benzene rings is 2. The fraction of sp³-hybridized carbons (Fsp3) is 0.435. The van der Waals surface area contributed by atoms with Crippen LogP contribution in [0.25, 0.3) is 0 Å². The van der Waals surface area contributed by atoms with Crippen molar-refractivity contribution in [2.75, 3.05) is 27.2 Å². The third-order valence-corrected chi connectivity index (χ3v) is 4.30. The number of nitrogens with zero attached hydrogens (tertiary/aromatic N) is 2. The average Bonchev–Trinajstić information content (AvgIpc) is 2.71. The largest absolute Gasteiger partial charge is 0.411 e. The second-order valence-electron chi connectivity index (χ2n) is 7.53. The fourth-order valence-electron chi connectivity index (χ4n) is 2.85. The summed E-state index contributed by atoms with van der Waals surface area (Å²) in [7, 11) is 4.09. The molecule has 9 heteroatoms. The number of ether oxygens (including phenoxy) is 1. The quantitative estimate of drug-likeness (QED) is 0.250. The molecular formula is C23H32F3IN4O. The number of halogens is 4. The summed E-state index contributed by atoms with van der Waals surface area (Å²) in [5.74, 6) is 0.706. The van der Waals surface area contributed by atoms with Crippen molar-refractivity contribution in [3.63, 3.8) is 0 Å². The van der Waals surface area contributed by atoms with Gasteiger partial charge in [-0.2, -0.15) is 13.2 Å². The van der Waals surface area contributed by atoms with Gasteiger partial charge >= 0.3 is 6.18 Å². The first-order valence-electron chi connectivity index (χ1n) is 10.2. The Morgan fingerprint density at radius 3 is 2.03 bits per heavy atom. The van der Waals surface area contributed by atoms with Crippen LogP contribution in [0.4, 0.5) is 13.2 Å². The zero-order valence-electron chi connectivity index (χ0n) is 18.7. The Labute approximate surface area is 205 Å². The van der Waals surface area contributed by atoms with Crippen LogP contribution in [-0.4, -0.2) is 44.3 Å². The topological polar surface area (TPSA) is 48.9 Å². The van der Waals surface area contributed by atoms with Crippen LogP contribution in [0.3, 0.4) is 0 Å². The highest BCUT2D eigenvalue weighted by atomic mass is 127. The lowest BCUT2D eigenvalue weighted by Gasteiger charge is -2.12. The molecule has 0 atom stereocenters. The van der Waals surface area contributed by atoms with Crippen molar-refractivity contribution in [3.8, 4) is 0 Å². The monoisotopic (exact) mass is 564 g/mol. The van der Waals surface area contributed by atoms with Crippen molar-refractivity contribution in [3.05, 3.63) is 70.8 Å². The zero-order chi connectivity index (χ0) is 22.7. The maximum Gasteiger partial charge on any atom is 0.411 e. The number of hydrogen-bond acceptors (Lipinski definition) is 3. The molecule has 0 saturated carbocycles. The molecule has 5 nitrogen and oxygen atoms in total. The SMILES string of the molecule is CCNC(=NCc1ccc(CN(C)C)cc1)NCc1ccc(COCC(F)(F)F)cc1.I. The summed E-state index contributed by atoms with van der Waals surface area (Å²) in [6, 6.07) is 15.7. The first-order valence-corrected chi connectivity index (χ1v) is 10.2. The maximum atomic E-state index is 12.1. The molecule has 0 radical (unpaired) electrons. The predicted octanol–water partition coefficient (Wildman–Crippen LogP) is 4.70. The van der Waals surface area contributed by atoms with Crippen molar-refractivity contribution in [1.29, 1.82) is 0 Å². The minimum absolute atomic E-state index is 0. The minimum Gasteiger partial charge on any atom is -0.367 e. The molecule has 0 aliphatic heterocycles. The summed E-state index contributed by atoms with van der Waals surface area (Å²) in [6.45, 7) is 3.46. The number of aliphatic imine (C=N–C) groups is 1. The highest BCUT2D eigenvalue weighted by Gasteiger charge is 2.27. The van der Waals surface area contributed by atoms with Gasteiger partial charge in [-0.15, -0.1) is 24.0 Å². The van der Waals surface area contributed by atoms with Crippen molar-refractivity contribution in [2.45, 2.75) is 39.3 Å². The fourth-order valence-corrected chi connectivity index (χ4v) is 2.85. The third kappa shape index (κ3) is 11.7. The molecule has 32 heavy (non-hydrogen) atoms. The average molecular weight is 564 g/mol. The second kappa shape index (κ2) is 14.3. The van der Waals surface area contributed by atoms with Crippen LogP contribution in [0.1, 0.15) is 29.2 Å². The van der Waals surface area contributed by atoms with E-state index in [1.165, 1.54) is 5.56 Å². The normalized spacial score (nSPS) is 11.9. The first-order chi connectivity index (χ1) is 14.7. The van der Waals surface area contributed by atoms with Crippen LogP contribution < -0.4 is 10.6 Å². The Hall–Kier alpha value is -1.85. The van der Waals surface area contributed by atoms with Gasteiger partial charge < -0.3 is 20.3 Å². The molecule has 0 aliphatic carbocycles. The van der Waals surface area contributed by atoms with E-state index in [4.69, 9.17) is 0 Å². The van der Waals surface area contributed by atoms with Gasteiger partial charge in [-0.05, 0) is 43.3 Å². The van der Waals surface area contributed by atoms with Crippen LogP contribution in [0, 0.1) is 0 Å². The minimum atomic E-state index is -4.31. The van der Waals surface area contributed by atoms with Gasteiger partial charge in [0.2, 0.25) is 0 Å². The van der Waals surface area contributed by atoms with Gasteiger partial charge in [0, 0.05) is 19.6 Å². The summed E-state index contributed by atoms with van der Waals surface area (Å²) in [5.41, 5.74) is 4.09. The molecule has 0 fully saturated rings. The summed E-state index contributed by atoms with van der Waals surface area (Å²) >= 11 is 0. The van der Waals surface area contributed by atoms with E-state index >= 15 is 0 Å². The molecule has 0 aliphatic rings.